The number of rotatable bonds is 5. The summed E-state index contributed by atoms with van der Waals surface area (Å²) in [4.78, 5) is 33.0. The Morgan fingerprint density at radius 1 is 1.33 bits per heavy atom. The smallest absolute Gasteiger partial charge is 0.326 e. The van der Waals surface area contributed by atoms with Gasteiger partial charge in [0.2, 0.25) is 0 Å². The number of carbonyl (C=O) groups is 1. The van der Waals surface area contributed by atoms with Crippen LogP contribution in [-0.2, 0) is 13.6 Å². The van der Waals surface area contributed by atoms with Crippen LogP contribution in [0.15, 0.2) is 41.3 Å². The number of pyridine rings is 1. The second kappa shape index (κ2) is 7.64. The molecule has 158 valence electrons. The van der Waals surface area contributed by atoms with Crippen LogP contribution in [0.1, 0.15) is 41.0 Å². The third-order valence-electron chi connectivity index (χ3n) is 5.64. The van der Waals surface area contributed by atoms with Gasteiger partial charge in [-0.2, -0.15) is 0 Å². The number of benzene rings is 1. The van der Waals surface area contributed by atoms with E-state index in [2.05, 4.69) is 15.3 Å². The number of aromatic nitrogens is 3. The maximum atomic E-state index is 13.4. The molecule has 3 aromatic rings. The fourth-order valence-corrected chi connectivity index (χ4v) is 3.73. The molecular formula is C21H23F2N5O2. The Morgan fingerprint density at radius 2 is 2.13 bits per heavy atom. The Morgan fingerprint density at radius 3 is 2.80 bits per heavy atom. The number of imidazole rings is 1. The van der Waals surface area contributed by atoms with Crippen LogP contribution >= 0.6 is 0 Å². The van der Waals surface area contributed by atoms with Gasteiger partial charge in [0.1, 0.15) is 0 Å². The van der Waals surface area contributed by atoms with Crippen molar-refractivity contribution in [1.29, 1.82) is 0 Å². The zero-order chi connectivity index (χ0) is 21.5. The second-order valence-electron chi connectivity index (χ2n) is 7.75. The van der Waals surface area contributed by atoms with Crippen molar-refractivity contribution in [2.45, 2.75) is 31.9 Å². The maximum Gasteiger partial charge on any atom is 0.326 e. The van der Waals surface area contributed by atoms with E-state index < -0.39 is 5.92 Å². The number of aromatic amines is 1. The minimum Gasteiger partial charge on any atom is -0.348 e. The average Bonchev–Trinajstić information content (AvgIpc) is 3.24. The topological polar surface area (TPSA) is 83.0 Å². The summed E-state index contributed by atoms with van der Waals surface area (Å²) in [7, 11) is 1.66. The number of hydrogen-bond acceptors (Lipinski definition) is 4. The Balaban J connectivity index is 1.38. The number of amides is 1. The monoisotopic (exact) mass is 415 g/mol. The van der Waals surface area contributed by atoms with Crippen LogP contribution in [0.3, 0.4) is 0 Å². The lowest BCUT2D eigenvalue weighted by Crippen LogP contribution is -2.28. The highest BCUT2D eigenvalue weighted by atomic mass is 19.3. The van der Waals surface area contributed by atoms with Gasteiger partial charge in [0.15, 0.2) is 0 Å². The van der Waals surface area contributed by atoms with Crippen LogP contribution in [0.5, 0.6) is 0 Å². The molecule has 1 aliphatic heterocycles. The zero-order valence-corrected chi connectivity index (χ0v) is 16.8. The number of fused-ring (bicyclic) bond motifs is 1. The lowest BCUT2D eigenvalue weighted by atomic mass is 10.1. The number of likely N-dealkylation sites (tertiary alicyclic amines) is 1. The molecule has 7 nitrogen and oxygen atoms in total. The third kappa shape index (κ3) is 3.97. The van der Waals surface area contributed by atoms with E-state index in [0.717, 1.165) is 16.8 Å². The SMILES string of the molecule is CC(c1ccc(CNC(=O)c2ccc3c(c2)[nH]c(=O)n3C)cn1)N1CCC(F)(F)C1. The highest BCUT2D eigenvalue weighted by molar-refractivity contribution is 5.97. The number of nitrogens with one attached hydrogen (secondary N) is 2. The van der Waals surface area contributed by atoms with E-state index in [0.29, 0.717) is 17.6 Å². The lowest BCUT2D eigenvalue weighted by molar-refractivity contribution is 0.00814. The first-order valence-electron chi connectivity index (χ1n) is 9.77. The molecule has 30 heavy (non-hydrogen) atoms. The van der Waals surface area contributed by atoms with E-state index in [9.17, 15) is 18.4 Å². The summed E-state index contributed by atoms with van der Waals surface area (Å²) in [5, 5.41) is 2.83. The predicted octanol–water partition coefficient (Wildman–Crippen LogP) is 2.59. The Bertz CT molecular complexity index is 1140. The molecule has 1 fully saturated rings. The fourth-order valence-electron chi connectivity index (χ4n) is 3.73. The molecule has 1 saturated heterocycles. The van der Waals surface area contributed by atoms with Crippen molar-refractivity contribution < 1.29 is 13.6 Å². The summed E-state index contributed by atoms with van der Waals surface area (Å²) < 4.78 is 28.4. The second-order valence-corrected chi connectivity index (χ2v) is 7.75. The number of aryl methyl sites for hydroxylation is 1. The molecule has 0 radical (unpaired) electrons. The van der Waals surface area contributed by atoms with E-state index in [1.54, 1.807) is 36.3 Å². The molecule has 4 rings (SSSR count). The Labute approximate surface area is 171 Å². The molecule has 3 heterocycles. The molecule has 2 aromatic heterocycles. The zero-order valence-electron chi connectivity index (χ0n) is 16.8. The van der Waals surface area contributed by atoms with Gasteiger partial charge in [-0.1, -0.05) is 6.07 Å². The fraction of sp³-hybridized carbons (Fsp3) is 0.381. The number of H-pyrrole nitrogens is 1. The summed E-state index contributed by atoms with van der Waals surface area (Å²) in [6.45, 7) is 2.26. The van der Waals surface area contributed by atoms with Gasteiger partial charge in [0.05, 0.1) is 23.3 Å². The summed E-state index contributed by atoms with van der Waals surface area (Å²) in [6, 6.07) is 8.48. The van der Waals surface area contributed by atoms with Crippen molar-refractivity contribution >= 4 is 16.9 Å². The van der Waals surface area contributed by atoms with E-state index >= 15 is 0 Å². The minimum absolute atomic E-state index is 0.121. The van der Waals surface area contributed by atoms with Crippen LogP contribution in [0.25, 0.3) is 11.0 Å². The van der Waals surface area contributed by atoms with Crippen LogP contribution in [0.4, 0.5) is 8.78 Å². The minimum atomic E-state index is -2.63. The lowest BCUT2D eigenvalue weighted by Gasteiger charge is -2.23. The van der Waals surface area contributed by atoms with Crippen LogP contribution in [-0.4, -0.2) is 44.4 Å². The summed E-state index contributed by atoms with van der Waals surface area (Å²) in [5.74, 6) is -2.90. The van der Waals surface area contributed by atoms with Crippen LogP contribution < -0.4 is 11.0 Å². The van der Waals surface area contributed by atoms with Crippen molar-refractivity contribution in [3.8, 4) is 0 Å². The van der Waals surface area contributed by atoms with E-state index in [-0.39, 0.29) is 37.1 Å². The number of alkyl halides is 2. The van der Waals surface area contributed by atoms with Gasteiger partial charge in [-0.15, -0.1) is 0 Å². The highest BCUT2D eigenvalue weighted by Gasteiger charge is 2.40. The van der Waals surface area contributed by atoms with Crippen molar-refractivity contribution in [2.75, 3.05) is 13.1 Å². The largest absolute Gasteiger partial charge is 0.348 e. The van der Waals surface area contributed by atoms with Crippen molar-refractivity contribution in [1.82, 2.24) is 24.8 Å². The standard InChI is InChI=1S/C21H23F2N5O2/c1-13(28-8-7-21(22,23)12-28)16-5-3-14(10-24-16)11-25-19(29)15-4-6-18-17(9-15)26-20(30)27(18)2/h3-6,9-10,13H,7-8,11-12H2,1-2H3,(H,25,29)(H,26,30). The van der Waals surface area contributed by atoms with Crippen molar-refractivity contribution in [3.63, 3.8) is 0 Å². The molecular weight excluding hydrogens is 392 g/mol. The van der Waals surface area contributed by atoms with Gasteiger partial charge >= 0.3 is 5.69 Å². The van der Waals surface area contributed by atoms with E-state index in [4.69, 9.17) is 0 Å². The molecule has 2 N–H and O–H groups in total. The average molecular weight is 415 g/mol. The van der Waals surface area contributed by atoms with Crippen molar-refractivity contribution in [2.24, 2.45) is 7.05 Å². The molecule has 0 aliphatic carbocycles. The Hall–Kier alpha value is -3.07. The summed E-state index contributed by atoms with van der Waals surface area (Å²) >= 11 is 0. The molecule has 9 heteroatoms. The molecule has 1 unspecified atom stereocenters. The summed E-state index contributed by atoms with van der Waals surface area (Å²) in [6.07, 6.45) is 1.53. The quantitative estimate of drug-likeness (QED) is 0.671. The Kier molecular flexibility index (Phi) is 5.15. The van der Waals surface area contributed by atoms with Gasteiger partial charge in [0.25, 0.3) is 11.8 Å². The van der Waals surface area contributed by atoms with Crippen LogP contribution in [0.2, 0.25) is 0 Å². The molecule has 0 bridgehead atoms. The summed E-state index contributed by atoms with van der Waals surface area (Å²) in [5.41, 5.74) is 3.06. The molecule has 0 spiro atoms. The van der Waals surface area contributed by atoms with E-state index in [1.165, 1.54) is 4.57 Å². The normalized spacial score (nSPS) is 17.3. The highest BCUT2D eigenvalue weighted by Crippen LogP contribution is 2.32. The predicted molar refractivity (Wildman–Crippen MR) is 108 cm³/mol. The first-order chi connectivity index (χ1) is 14.2. The van der Waals surface area contributed by atoms with Crippen molar-refractivity contribution in [3.05, 3.63) is 63.8 Å². The molecule has 0 saturated carbocycles. The third-order valence-corrected chi connectivity index (χ3v) is 5.64. The van der Waals surface area contributed by atoms with Gasteiger partial charge < -0.3 is 10.3 Å². The number of hydrogen-bond donors (Lipinski definition) is 2. The van der Waals surface area contributed by atoms with E-state index in [1.807, 2.05) is 19.1 Å². The number of nitrogens with zero attached hydrogens (tertiary/aromatic N) is 3. The van der Waals surface area contributed by atoms with Gasteiger partial charge in [0, 0.05) is 44.4 Å². The molecule has 1 atom stereocenters. The van der Waals surface area contributed by atoms with Crippen LogP contribution in [0, 0.1) is 0 Å². The maximum absolute atomic E-state index is 13.4. The molecule has 1 aliphatic rings. The molecule has 1 aromatic carbocycles. The first kappa shape index (κ1) is 20.2. The number of halogens is 2. The van der Waals surface area contributed by atoms with Gasteiger partial charge in [-0.05, 0) is 36.8 Å². The number of carbonyl (C=O) groups excluding carboxylic acids is 1. The van der Waals surface area contributed by atoms with Gasteiger partial charge in [-0.25, -0.2) is 13.6 Å². The first-order valence-corrected chi connectivity index (χ1v) is 9.77. The van der Waals surface area contributed by atoms with Gasteiger partial charge in [-0.3, -0.25) is 19.2 Å². The molecule has 1 amide bonds.